The van der Waals surface area contributed by atoms with Gasteiger partial charge in [-0.2, -0.15) is 0 Å². The van der Waals surface area contributed by atoms with Gasteiger partial charge in [0.05, 0.1) is 0 Å². The van der Waals surface area contributed by atoms with E-state index in [2.05, 4.69) is 5.32 Å². The van der Waals surface area contributed by atoms with E-state index in [0.29, 0.717) is 18.7 Å². The zero-order chi connectivity index (χ0) is 14.7. The zero-order valence-electron chi connectivity index (χ0n) is 11.8. The largest absolute Gasteiger partial charge is 0.396 e. The molecule has 0 bridgehead atoms. The van der Waals surface area contributed by atoms with Crippen molar-refractivity contribution in [3.8, 4) is 0 Å². The molecule has 1 aromatic rings. The molecule has 1 fully saturated rings. The first-order valence-corrected chi connectivity index (χ1v) is 6.83. The minimum atomic E-state index is -0.0918. The van der Waals surface area contributed by atoms with Crippen LogP contribution in [0.15, 0.2) is 24.3 Å². The molecule has 0 saturated carbocycles. The zero-order valence-corrected chi connectivity index (χ0v) is 11.8. The highest BCUT2D eigenvalue weighted by atomic mass is 16.3. The summed E-state index contributed by atoms with van der Waals surface area (Å²) in [5.41, 5.74) is 1.44. The van der Waals surface area contributed by atoms with Gasteiger partial charge in [0.2, 0.25) is 11.8 Å². The third-order valence-electron chi connectivity index (χ3n) is 3.41. The van der Waals surface area contributed by atoms with E-state index in [1.54, 1.807) is 17.0 Å². The summed E-state index contributed by atoms with van der Waals surface area (Å²) in [4.78, 5) is 25.3. The molecule has 108 valence electrons. The Morgan fingerprint density at radius 1 is 1.50 bits per heavy atom. The van der Waals surface area contributed by atoms with Crippen molar-refractivity contribution in [1.29, 1.82) is 0 Å². The van der Waals surface area contributed by atoms with Gasteiger partial charge >= 0.3 is 0 Å². The van der Waals surface area contributed by atoms with Crippen molar-refractivity contribution in [3.05, 3.63) is 24.3 Å². The van der Waals surface area contributed by atoms with Crippen molar-refractivity contribution >= 4 is 23.2 Å². The highest BCUT2D eigenvalue weighted by molar-refractivity contribution is 5.97. The summed E-state index contributed by atoms with van der Waals surface area (Å²) in [6.45, 7) is 4.20. The van der Waals surface area contributed by atoms with Crippen molar-refractivity contribution < 1.29 is 14.7 Å². The summed E-state index contributed by atoms with van der Waals surface area (Å²) in [6.07, 6.45) is 0.374. The van der Waals surface area contributed by atoms with Crippen molar-refractivity contribution in [2.45, 2.75) is 20.3 Å². The Morgan fingerprint density at radius 3 is 2.85 bits per heavy atom. The Morgan fingerprint density at radius 2 is 2.25 bits per heavy atom. The second-order valence-electron chi connectivity index (χ2n) is 5.45. The number of nitrogens with zero attached hydrogens (tertiary/aromatic N) is 1. The Kier molecular flexibility index (Phi) is 4.39. The Hall–Kier alpha value is -1.88. The normalized spacial score (nSPS) is 18.7. The van der Waals surface area contributed by atoms with Gasteiger partial charge in [0.25, 0.3) is 0 Å². The van der Waals surface area contributed by atoms with Gasteiger partial charge in [-0.1, -0.05) is 19.9 Å². The van der Waals surface area contributed by atoms with Crippen LogP contribution < -0.4 is 10.2 Å². The molecule has 1 aliphatic rings. The molecule has 1 heterocycles. The highest BCUT2D eigenvalue weighted by Crippen LogP contribution is 2.27. The van der Waals surface area contributed by atoms with Crippen LogP contribution in [0, 0.1) is 11.8 Å². The molecule has 0 spiro atoms. The van der Waals surface area contributed by atoms with Crippen LogP contribution >= 0.6 is 0 Å². The van der Waals surface area contributed by atoms with Gasteiger partial charge in [-0.05, 0) is 18.2 Å². The Balaban J connectivity index is 2.14. The highest BCUT2D eigenvalue weighted by Gasteiger charge is 2.30. The van der Waals surface area contributed by atoms with E-state index < -0.39 is 0 Å². The summed E-state index contributed by atoms with van der Waals surface area (Å²) in [5.74, 6) is -0.137. The van der Waals surface area contributed by atoms with E-state index in [4.69, 9.17) is 5.11 Å². The molecular weight excluding hydrogens is 256 g/mol. The van der Waals surface area contributed by atoms with Crippen LogP contribution in [0.4, 0.5) is 11.4 Å². The molecule has 0 aliphatic carbocycles. The molecule has 2 N–H and O–H groups in total. The lowest BCUT2D eigenvalue weighted by atomic mass is 10.1. The van der Waals surface area contributed by atoms with E-state index in [1.165, 1.54) is 0 Å². The van der Waals surface area contributed by atoms with Gasteiger partial charge in [0, 0.05) is 42.8 Å². The first-order chi connectivity index (χ1) is 9.51. The predicted molar refractivity (Wildman–Crippen MR) is 77.5 cm³/mol. The average molecular weight is 276 g/mol. The molecule has 20 heavy (non-hydrogen) atoms. The third kappa shape index (κ3) is 3.17. The quantitative estimate of drug-likeness (QED) is 0.878. The second kappa shape index (κ2) is 6.05. The number of hydrogen-bond acceptors (Lipinski definition) is 3. The number of amides is 2. The number of aliphatic hydroxyl groups is 1. The summed E-state index contributed by atoms with van der Waals surface area (Å²) in [7, 11) is 0. The molecule has 1 aliphatic heterocycles. The molecule has 2 rings (SSSR count). The van der Waals surface area contributed by atoms with Crippen molar-refractivity contribution in [2.75, 3.05) is 23.4 Å². The lowest BCUT2D eigenvalue weighted by Gasteiger charge is -2.18. The van der Waals surface area contributed by atoms with Crippen LogP contribution in [0.1, 0.15) is 20.3 Å². The van der Waals surface area contributed by atoms with E-state index in [-0.39, 0.29) is 30.3 Å². The van der Waals surface area contributed by atoms with Gasteiger partial charge in [-0.3, -0.25) is 9.59 Å². The molecule has 1 aromatic carbocycles. The maximum Gasteiger partial charge on any atom is 0.227 e. The van der Waals surface area contributed by atoms with E-state index in [0.717, 1.165) is 5.69 Å². The number of benzene rings is 1. The summed E-state index contributed by atoms with van der Waals surface area (Å²) < 4.78 is 0. The fourth-order valence-corrected chi connectivity index (χ4v) is 2.19. The van der Waals surface area contributed by atoms with Crippen LogP contribution in [-0.2, 0) is 9.59 Å². The summed E-state index contributed by atoms with van der Waals surface area (Å²) in [5, 5.41) is 12.0. The fraction of sp³-hybridized carbons (Fsp3) is 0.467. The number of rotatable bonds is 4. The number of carbonyl (C=O) groups is 2. The van der Waals surface area contributed by atoms with E-state index in [1.807, 2.05) is 26.0 Å². The van der Waals surface area contributed by atoms with Gasteiger partial charge in [0.15, 0.2) is 0 Å². The van der Waals surface area contributed by atoms with Gasteiger partial charge in [0.1, 0.15) is 0 Å². The first kappa shape index (κ1) is 14.5. The number of nitrogens with one attached hydrogen (secondary N) is 1. The molecule has 1 atom stereocenters. The SMILES string of the molecule is CC(C)C(=O)Nc1cccc(N2CC(CO)CC2=O)c1. The number of anilines is 2. The average Bonchev–Trinajstić information content (AvgIpc) is 2.80. The van der Waals surface area contributed by atoms with Crippen LogP contribution in [0.25, 0.3) is 0 Å². The van der Waals surface area contributed by atoms with E-state index in [9.17, 15) is 9.59 Å². The predicted octanol–water partition coefficient (Wildman–Crippen LogP) is 1.63. The molecular formula is C15H20N2O3. The summed E-state index contributed by atoms with van der Waals surface area (Å²) in [6, 6.07) is 7.24. The lowest BCUT2D eigenvalue weighted by Crippen LogP contribution is -2.25. The molecule has 0 aromatic heterocycles. The minimum Gasteiger partial charge on any atom is -0.396 e. The van der Waals surface area contributed by atoms with Crippen LogP contribution in [-0.4, -0.2) is 30.1 Å². The Labute approximate surface area is 118 Å². The molecule has 0 radical (unpaired) electrons. The monoisotopic (exact) mass is 276 g/mol. The van der Waals surface area contributed by atoms with Crippen molar-refractivity contribution in [1.82, 2.24) is 0 Å². The van der Waals surface area contributed by atoms with E-state index >= 15 is 0 Å². The smallest absolute Gasteiger partial charge is 0.227 e. The van der Waals surface area contributed by atoms with Gasteiger partial charge < -0.3 is 15.3 Å². The standard InChI is InChI=1S/C15H20N2O3/c1-10(2)15(20)16-12-4-3-5-13(7-12)17-8-11(9-18)6-14(17)19/h3-5,7,10-11,18H,6,8-9H2,1-2H3,(H,16,20). The molecule has 5 heteroatoms. The number of hydrogen-bond donors (Lipinski definition) is 2. The van der Waals surface area contributed by atoms with Crippen molar-refractivity contribution in [2.24, 2.45) is 11.8 Å². The number of carbonyl (C=O) groups excluding carboxylic acids is 2. The fourth-order valence-electron chi connectivity index (χ4n) is 2.19. The maximum atomic E-state index is 11.9. The lowest BCUT2D eigenvalue weighted by molar-refractivity contribution is -0.119. The van der Waals surface area contributed by atoms with Gasteiger partial charge in [-0.25, -0.2) is 0 Å². The molecule has 5 nitrogen and oxygen atoms in total. The van der Waals surface area contributed by atoms with Crippen LogP contribution in [0.5, 0.6) is 0 Å². The topological polar surface area (TPSA) is 69.6 Å². The molecule has 2 amide bonds. The van der Waals surface area contributed by atoms with Crippen LogP contribution in [0.2, 0.25) is 0 Å². The number of aliphatic hydroxyl groups excluding tert-OH is 1. The van der Waals surface area contributed by atoms with Crippen LogP contribution in [0.3, 0.4) is 0 Å². The van der Waals surface area contributed by atoms with Crippen molar-refractivity contribution in [3.63, 3.8) is 0 Å². The maximum absolute atomic E-state index is 11.9. The second-order valence-corrected chi connectivity index (χ2v) is 5.45. The first-order valence-electron chi connectivity index (χ1n) is 6.83. The summed E-state index contributed by atoms with van der Waals surface area (Å²) >= 11 is 0. The molecule has 1 saturated heterocycles. The minimum absolute atomic E-state index is 0.00332. The van der Waals surface area contributed by atoms with Gasteiger partial charge in [-0.15, -0.1) is 0 Å². The molecule has 1 unspecified atom stereocenters. The Bertz CT molecular complexity index is 514. The third-order valence-corrected chi connectivity index (χ3v) is 3.41.